The summed E-state index contributed by atoms with van der Waals surface area (Å²) < 4.78 is 26.7. The Morgan fingerprint density at radius 2 is 1.65 bits per heavy atom. The molecule has 0 radical (unpaired) electrons. The van der Waals surface area contributed by atoms with Gasteiger partial charge in [0.2, 0.25) is 0 Å². The summed E-state index contributed by atoms with van der Waals surface area (Å²) >= 11 is 0. The van der Waals surface area contributed by atoms with E-state index in [0.29, 0.717) is 30.2 Å². The van der Waals surface area contributed by atoms with E-state index in [1.807, 2.05) is 31.2 Å². The van der Waals surface area contributed by atoms with E-state index in [4.69, 9.17) is 23.7 Å². The van der Waals surface area contributed by atoms with Gasteiger partial charge in [-0.3, -0.25) is 9.80 Å². The minimum atomic E-state index is -0.474. The molecule has 184 valence electrons. The molecule has 2 atom stereocenters. The number of fused-ring (bicyclic) bond motifs is 1. The van der Waals surface area contributed by atoms with Crippen LogP contribution in [0.4, 0.5) is 15.3 Å². The molecule has 0 N–H and O–H groups in total. The van der Waals surface area contributed by atoms with Crippen LogP contribution >= 0.6 is 0 Å². The number of carbonyl (C=O) groups excluding carboxylic acids is 2. The number of hydrogen-bond donors (Lipinski definition) is 0. The lowest BCUT2D eigenvalue weighted by Gasteiger charge is -2.42. The van der Waals surface area contributed by atoms with Gasteiger partial charge in [-0.25, -0.2) is 9.59 Å². The van der Waals surface area contributed by atoms with Crippen LogP contribution in [0.25, 0.3) is 0 Å². The average Bonchev–Trinajstić information content (AvgIpc) is 2.86. The molecule has 2 amide bonds. The molecule has 0 aromatic heterocycles. The highest BCUT2D eigenvalue weighted by atomic mass is 16.6. The zero-order chi connectivity index (χ0) is 24.8. The number of nitrogens with zero attached hydrogens (tertiary/aromatic N) is 2. The minimum absolute atomic E-state index is 0.250. The van der Waals surface area contributed by atoms with Gasteiger partial charge in [0, 0.05) is 24.2 Å². The number of anilines is 1. The van der Waals surface area contributed by atoms with Gasteiger partial charge in [0.05, 0.1) is 46.8 Å². The molecule has 9 heteroatoms. The normalized spacial score (nSPS) is 16.8. The zero-order valence-corrected chi connectivity index (χ0v) is 20.5. The molecule has 2 aromatic carbocycles. The van der Waals surface area contributed by atoms with Gasteiger partial charge >= 0.3 is 12.2 Å². The maximum absolute atomic E-state index is 13.0. The number of ether oxygens (including phenoxy) is 5. The predicted octanol–water partition coefficient (Wildman–Crippen LogP) is 4.78. The van der Waals surface area contributed by atoms with E-state index in [-0.39, 0.29) is 18.7 Å². The van der Waals surface area contributed by atoms with E-state index >= 15 is 0 Å². The van der Waals surface area contributed by atoms with E-state index in [9.17, 15) is 9.59 Å². The number of benzene rings is 2. The molecular formula is C25H32N2O7. The number of methoxy groups -OCH3 is 4. The fraction of sp³-hybridized carbons (Fsp3) is 0.440. The molecule has 0 fully saturated rings. The van der Waals surface area contributed by atoms with Gasteiger partial charge in [-0.15, -0.1) is 0 Å². The molecular weight excluding hydrogens is 440 g/mol. The van der Waals surface area contributed by atoms with Crippen molar-refractivity contribution in [1.82, 2.24) is 4.90 Å². The van der Waals surface area contributed by atoms with Gasteiger partial charge in [0.25, 0.3) is 0 Å². The lowest BCUT2D eigenvalue weighted by molar-refractivity contribution is 0.0941. The van der Waals surface area contributed by atoms with Gasteiger partial charge < -0.3 is 23.7 Å². The van der Waals surface area contributed by atoms with Crippen molar-refractivity contribution in [1.29, 1.82) is 0 Å². The summed E-state index contributed by atoms with van der Waals surface area (Å²) in [5.74, 6) is 1.70. The van der Waals surface area contributed by atoms with Crippen LogP contribution in [-0.4, -0.2) is 58.2 Å². The molecule has 1 heterocycles. The molecule has 1 aliphatic heterocycles. The molecule has 0 saturated heterocycles. The van der Waals surface area contributed by atoms with Crippen LogP contribution in [0, 0.1) is 0 Å². The van der Waals surface area contributed by atoms with E-state index < -0.39 is 12.2 Å². The van der Waals surface area contributed by atoms with Crippen molar-refractivity contribution in [3.8, 4) is 17.2 Å². The molecule has 0 aliphatic carbocycles. The highest BCUT2D eigenvalue weighted by Crippen LogP contribution is 2.46. The summed E-state index contributed by atoms with van der Waals surface area (Å²) in [6.07, 6.45) is -0.452. The third kappa shape index (κ3) is 4.98. The Kier molecular flexibility index (Phi) is 8.09. The Balaban J connectivity index is 2.11. The quantitative estimate of drug-likeness (QED) is 0.573. The van der Waals surface area contributed by atoms with Crippen molar-refractivity contribution in [3.63, 3.8) is 0 Å². The SMILES string of the molecule is CCOC(=O)N1c2cc(OC)c(OC)cc2C(N(Cc2ccc(OC)cc2)C(=O)OC)CC1C. The van der Waals surface area contributed by atoms with Gasteiger partial charge in [0.1, 0.15) is 5.75 Å². The van der Waals surface area contributed by atoms with E-state index in [2.05, 4.69) is 0 Å². The first kappa shape index (κ1) is 25.0. The van der Waals surface area contributed by atoms with E-state index in [1.165, 1.54) is 14.2 Å². The standard InChI is InChI=1S/C25H32N2O7/c1-7-34-25(29)27-16(2)12-20(19-13-22(31-4)23(32-5)14-21(19)27)26(24(28)33-6)15-17-8-10-18(30-3)11-9-17/h8-11,13-14,16,20H,7,12,15H2,1-6H3. The van der Waals surface area contributed by atoms with Gasteiger partial charge in [-0.2, -0.15) is 0 Å². The third-order valence-corrected chi connectivity index (χ3v) is 5.92. The van der Waals surface area contributed by atoms with E-state index in [1.54, 1.807) is 43.1 Å². The van der Waals surface area contributed by atoms with Gasteiger partial charge in [-0.1, -0.05) is 12.1 Å². The molecule has 0 bridgehead atoms. The Bertz CT molecular complexity index is 1010. The van der Waals surface area contributed by atoms with Crippen LogP contribution in [0.2, 0.25) is 0 Å². The second-order valence-electron chi connectivity index (χ2n) is 7.88. The van der Waals surface area contributed by atoms with Crippen LogP contribution in [0.3, 0.4) is 0 Å². The molecule has 3 rings (SSSR count). The topological polar surface area (TPSA) is 86.8 Å². The van der Waals surface area contributed by atoms with Gasteiger partial charge in [-0.05, 0) is 44.0 Å². The highest BCUT2D eigenvalue weighted by Gasteiger charge is 2.40. The van der Waals surface area contributed by atoms with Crippen molar-refractivity contribution in [2.75, 3.05) is 39.9 Å². The Hall–Kier alpha value is -3.62. The summed E-state index contributed by atoms with van der Waals surface area (Å²) in [5.41, 5.74) is 2.25. The van der Waals surface area contributed by atoms with E-state index in [0.717, 1.165) is 16.9 Å². The molecule has 34 heavy (non-hydrogen) atoms. The van der Waals surface area contributed by atoms with Crippen LogP contribution in [-0.2, 0) is 16.0 Å². The maximum Gasteiger partial charge on any atom is 0.414 e. The zero-order valence-electron chi connectivity index (χ0n) is 20.5. The first-order valence-electron chi connectivity index (χ1n) is 11.1. The fourth-order valence-electron chi connectivity index (χ4n) is 4.27. The van der Waals surface area contributed by atoms with Crippen molar-refractivity contribution >= 4 is 17.9 Å². The van der Waals surface area contributed by atoms with Crippen LogP contribution in [0.5, 0.6) is 17.2 Å². The number of rotatable bonds is 7. The molecule has 0 saturated carbocycles. The smallest absolute Gasteiger partial charge is 0.414 e. The molecule has 9 nitrogen and oxygen atoms in total. The van der Waals surface area contributed by atoms with Crippen LogP contribution < -0.4 is 19.1 Å². The maximum atomic E-state index is 13.0. The van der Waals surface area contributed by atoms with Crippen LogP contribution in [0.1, 0.15) is 37.4 Å². The highest BCUT2D eigenvalue weighted by molar-refractivity contribution is 5.91. The molecule has 1 aliphatic rings. The third-order valence-electron chi connectivity index (χ3n) is 5.92. The largest absolute Gasteiger partial charge is 0.497 e. The summed E-state index contributed by atoms with van der Waals surface area (Å²) in [4.78, 5) is 29.1. The Morgan fingerprint density at radius 1 is 1.00 bits per heavy atom. The molecule has 2 aromatic rings. The summed E-state index contributed by atoms with van der Waals surface area (Å²) in [7, 11) is 6.04. The first-order chi connectivity index (χ1) is 16.4. The first-order valence-corrected chi connectivity index (χ1v) is 11.1. The van der Waals surface area contributed by atoms with Crippen LogP contribution in [0.15, 0.2) is 36.4 Å². The minimum Gasteiger partial charge on any atom is -0.497 e. The van der Waals surface area contributed by atoms with Crippen molar-refractivity contribution < 1.29 is 33.3 Å². The van der Waals surface area contributed by atoms with Crippen molar-refractivity contribution in [2.24, 2.45) is 0 Å². The lowest BCUT2D eigenvalue weighted by Crippen LogP contribution is -2.47. The number of hydrogen-bond acceptors (Lipinski definition) is 7. The summed E-state index contributed by atoms with van der Waals surface area (Å²) in [5, 5.41) is 0. The molecule has 2 unspecified atom stereocenters. The number of carbonyl (C=O) groups is 2. The van der Waals surface area contributed by atoms with Crippen molar-refractivity contribution in [3.05, 3.63) is 47.5 Å². The monoisotopic (exact) mass is 472 g/mol. The second kappa shape index (κ2) is 11.0. The predicted molar refractivity (Wildman–Crippen MR) is 127 cm³/mol. The Morgan fingerprint density at radius 3 is 2.21 bits per heavy atom. The lowest BCUT2D eigenvalue weighted by atomic mass is 9.90. The molecule has 0 spiro atoms. The fourth-order valence-corrected chi connectivity index (χ4v) is 4.27. The number of amides is 2. The second-order valence-corrected chi connectivity index (χ2v) is 7.88. The summed E-state index contributed by atoms with van der Waals surface area (Å²) in [6, 6.07) is 10.4. The average molecular weight is 473 g/mol. The summed E-state index contributed by atoms with van der Waals surface area (Å²) in [6.45, 7) is 4.24. The Labute approximate surface area is 200 Å². The van der Waals surface area contributed by atoms with Crippen molar-refractivity contribution in [2.45, 2.75) is 38.9 Å². The van der Waals surface area contributed by atoms with Gasteiger partial charge in [0.15, 0.2) is 11.5 Å².